The van der Waals surface area contributed by atoms with Gasteiger partial charge in [-0.25, -0.2) is 9.97 Å². The number of aromatic nitrogens is 2. The first-order chi connectivity index (χ1) is 10.3. The number of nitrogens with zero attached hydrogens (tertiary/aromatic N) is 3. The fourth-order valence-corrected chi connectivity index (χ4v) is 3.30. The molecule has 1 aliphatic heterocycles. The molecule has 0 aromatic carbocycles. The first-order valence-electron chi connectivity index (χ1n) is 8.14. The Morgan fingerprint density at radius 1 is 1.14 bits per heavy atom. The molecule has 3 rings (SSSR count). The quantitative estimate of drug-likeness (QED) is 0.866. The van der Waals surface area contributed by atoms with Gasteiger partial charge in [-0.15, -0.1) is 0 Å². The molecule has 114 valence electrons. The summed E-state index contributed by atoms with van der Waals surface area (Å²) in [5.74, 6) is 1.05. The van der Waals surface area contributed by atoms with Gasteiger partial charge in [0.25, 0.3) is 0 Å². The van der Waals surface area contributed by atoms with E-state index < -0.39 is 0 Å². The Hall–Kier alpha value is -1.65. The maximum Gasteiger partial charge on any atom is 0.244 e. The van der Waals surface area contributed by atoms with Crippen molar-refractivity contribution in [1.82, 2.24) is 14.9 Å². The highest BCUT2D eigenvalue weighted by Gasteiger charge is 2.24. The number of amides is 1. The average Bonchev–Trinajstić information content (AvgIpc) is 2.91. The Labute approximate surface area is 126 Å². The molecular weight excluding hydrogens is 264 g/mol. The van der Waals surface area contributed by atoms with E-state index in [0.717, 1.165) is 50.3 Å². The number of fused-ring (bicyclic) bond motifs is 1. The minimum atomic E-state index is -0.217. The zero-order valence-electron chi connectivity index (χ0n) is 12.8. The van der Waals surface area contributed by atoms with Crippen molar-refractivity contribution >= 4 is 11.7 Å². The normalized spacial score (nSPS) is 19.8. The molecular formula is C16H24N4O. The van der Waals surface area contributed by atoms with Crippen molar-refractivity contribution in [2.45, 2.75) is 57.9 Å². The smallest absolute Gasteiger partial charge is 0.244 e. The van der Waals surface area contributed by atoms with Crippen molar-refractivity contribution in [3.8, 4) is 0 Å². The van der Waals surface area contributed by atoms with Crippen LogP contribution in [0, 0.1) is 0 Å². The van der Waals surface area contributed by atoms with E-state index in [2.05, 4.69) is 15.3 Å². The van der Waals surface area contributed by atoms with E-state index in [1.807, 2.05) is 11.8 Å². The molecule has 1 unspecified atom stereocenters. The van der Waals surface area contributed by atoms with Gasteiger partial charge in [-0.3, -0.25) is 4.79 Å². The third kappa shape index (κ3) is 3.17. The largest absolute Gasteiger partial charge is 0.358 e. The molecule has 1 atom stereocenters. The molecule has 1 aliphatic carbocycles. The van der Waals surface area contributed by atoms with Crippen LogP contribution in [-0.4, -0.2) is 39.9 Å². The number of nitrogens with one attached hydrogen (secondary N) is 1. The fraction of sp³-hybridized carbons (Fsp3) is 0.688. The summed E-state index contributed by atoms with van der Waals surface area (Å²) in [6, 6.07) is -0.217. The summed E-state index contributed by atoms with van der Waals surface area (Å²) in [6.45, 7) is 3.73. The van der Waals surface area contributed by atoms with Crippen molar-refractivity contribution in [1.29, 1.82) is 0 Å². The molecule has 2 aliphatic rings. The SMILES string of the molecule is CC(Nc1ncnc2c1CCCCC2)C(=O)N1CCCC1. The van der Waals surface area contributed by atoms with Crippen molar-refractivity contribution in [3.63, 3.8) is 0 Å². The molecule has 1 amide bonds. The van der Waals surface area contributed by atoms with Crippen LogP contribution in [-0.2, 0) is 17.6 Å². The summed E-state index contributed by atoms with van der Waals surface area (Å²) in [5.41, 5.74) is 2.38. The summed E-state index contributed by atoms with van der Waals surface area (Å²) in [5, 5.41) is 3.33. The lowest BCUT2D eigenvalue weighted by Crippen LogP contribution is -2.40. The summed E-state index contributed by atoms with van der Waals surface area (Å²) < 4.78 is 0. The topological polar surface area (TPSA) is 58.1 Å². The average molecular weight is 288 g/mol. The lowest BCUT2D eigenvalue weighted by Gasteiger charge is -2.22. The lowest BCUT2D eigenvalue weighted by molar-refractivity contribution is -0.130. The van der Waals surface area contributed by atoms with E-state index in [1.165, 1.54) is 24.8 Å². The number of likely N-dealkylation sites (tertiary alicyclic amines) is 1. The summed E-state index contributed by atoms with van der Waals surface area (Å²) >= 11 is 0. The highest BCUT2D eigenvalue weighted by Crippen LogP contribution is 2.24. The Bertz CT molecular complexity index is 511. The van der Waals surface area contributed by atoms with Crippen molar-refractivity contribution in [2.75, 3.05) is 18.4 Å². The van der Waals surface area contributed by atoms with Gasteiger partial charge in [0.2, 0.25) is 5.91 Å². The van der Waals surface area contributed by atoms with Gasteiger partial charge in [-0.05, 0) is 45.4 Å². The summed E-state index contributed by atoms with van der Waals surface area (Å²) in [6.07, 6.45) is 9.56. The van der Waals surface area contributed by atoms with Crippen LogP contribution in [0.15, 0.2) is 6.33 Å². The maximum atomic E-state index is 12.4. The van der Waals surface area contributed by atoms with Crippen LogP contribution < -0.4 is 5.32 Å². The van der Waals surface area contributed by atoms with Crippen LogP contribution in [0.2, 0.25) is 0 Å². The zero-order valence-corrected chi connectivity index (χ0v) is 12.8. The highest BCUT2D eigenvalue weighted by atomic mass is 16.2. The minimum absolute atomic E-state index is 0.188. The van der Waals surface area contributed by atoms with Gasteiger partial charge in [0.05, 0.1) is 0 Å². The Morgan fingerprint density at radius 3 is 2.71 bits per heavy atom. The summed E-state index contributed by atoms with van der Waals surface area (Å²) in [7, 11) is 0. The van der Waals surface area contributed by atoms with Crippen molar-refractivity contribution in [3.05, 3.63) is 17.6 Å². The summed E-state index contributed by atoms with van der Waals surface area (Å²) in [4.78, 5) is 23.2. The van der Waals surface area contributed by atoms with Crippen LogP contribution in [0.25, 0.3) is 0 Å². The van der Waals surface area contributed by atoms with E-state index in [1.54, 1.807) is 6.33 Å². The third-order valence-electron chi connectivity index (χ3n) is 4.52. The number of carbonyl (C=O) groups is 1. The third-order valence-corrected chi connectivity index (χ3v) is 4.52. The van der Waals surface area contributed by atoms with Crippen LogP contribution in [0.5, 0.6) is 0 Å². The first kappa shape index (κ1) is 14.3. The van der Waals surface area contributed by atoms with Crippen LogP contribution in [0.3, 0.4) is 0 Å². The van der Waals surface area contributed by atoms with Crippen molar-refractivity contribution in [2.24, 2.45) is 0 Å². The number of carbonyl (C=O) groups excluding carboxylic acids is 1. The fourth-order valence-electron chi connectivity index (χ4n) is 3.30. The molecule has 1 saturated heterocycles. The second-order valence-corrected chi connectivity index (χ2v) is 6.11. The van der Waals surface area contributed by atoms with Gasteiger partial charge < -0.3 is 10.2 Å². The predicted octanol–water partition coefficient (Wildman–Crippen LogP) is 2.17. The Morgan fingerprint density at radius 2 is 1.90 bits per heavy atom. The molecule has 5 nitrogen and oxygen atoms in total. The van der Waals surface area contributed by atoms with Gasteiger partial charge >= 0.3 is 0 Å². The van der Waals surface area contributed by atoms with Gasteiger partial charge in [-0.1, -0.05) is 6.42 Å². The molecule has 21 heavy (non-hydrogen) atoms. The molecule has 1 aromatic heterocycles. The molecule has 1 N–H and O–H groups in total. The molecule has 0 spiro atoms. The predicted molar refractivity (Wildman–Crippen MR) is 82.2 cm³/mol. The van der Waals surface area contributed by atoms with E-state index >= 15 is 0 Å². The van der Waals surface area contributed by atoms with E-state index in [0.29, 0.717) is 0 Å². The zero-order chi connectivity index (χ0) is 14.7. The lowest BCUT2D eigenvalue weighted by atomic mass is 10.1. The highest BCUT2D eigenvalue weighted by molar-refractivity contribution is 5.84. The van der Waals surface area contributed by atoms with Crippen LogP contribution in [0.4, 0.5) is 5.82 Å². The van der Waals surface area contributed by atoms with Crippen LogP contribution in [0.1, 0.15) is 50.3 Å². The standard InChI is InChI=1S/C16H24N4O/c1-12(16(21)20-9-5-6-10-20)19-15-13-7-3-2-4-8-14(13)17-11-18-15/h11-12H,2-10H2,1H3,(H,17,18,19). The van der Waals surface area contributed by atoms with Gasteiger partial charge in [0.1, 0.15) is 18.2 Å². The molecule has 0 saturated carbocycles. The molecule has 1 aromatic rings. The monoisotopic (exact) mass is 288 g/mol. The minimum Gasteiger partial charge on any atom is -0.358 e. The van der Waals surface area contributed by atoms with Gasteiger partial charge in [0.15, 0.2) is 0 Å². The van der Waals surface area contributed by atoms with Gasteiger partial charge in [0, 0.05) is 24.3 Å². The Balaban J connectivity index is 1.73. The molecule has 2 heterocycles. The van der Waals surface area contributed by atoms with E-state index in [9.17, 15) is 4.79 Å². The molecule has 0 radical (unpaired) electrons. The van der Waals surface area contributed by atoms with Crippen molar-refractivity contribution < 1.29 is 4.79 Å². The van der Waals surface area contributed by atoms with E-state index in [4.69, 9.17) is 0 Å². The number of rotatable bonds is 3. The number of hydrogen-bond acceptors (Lipinski definition) is 4. The molecule has 0 bridgehead atoms. The van der Waals surface area contributed by atoms with Crippen LogP contribution >= 0.6 is 0 Å². The second kappa shape index (κ2) is 6.41. The number of hydrogen-bond donors (Lipinski definition) is 1. The first-order valence-corrected chi connectivity index (χ1v) is 8.14. The van der Waals surface area contributed by atoms with E-state index in [-0.39, 0.29) is 11.9 Å². The Kier molecular flexibility index (Phi) is 4.36. The second-order valence-electron chi connectivity index (χ2n) is 6.11. The number of anilines is 1. The molecule has 5 heteroatoms. The number of aryl methyl sites for hydroxylation is 1. The maximum absolute atomic E-state index is 12.4. The van der Waals surface area contributed by atoms with Gasteiger partial charge in [-0.2, -0.15) is 0 Å². The molecule has 1 fully saturated rings.